The molecule has 0 aliphatic carbocycles. The van der Waals surface area contributed by atoms with Crippen LogP contribution in [0.2, 0.25) is 0 Å². The van der Waals surface area contributed by atoms with Crippen molar-refractivity contribution in [1.29, 1.82) is 0 Å². The van der Waals surface area contributed by atoms with Crippen LogP contribution in [0.15, 0.2) is 18.3 Å². The lowest BCUT2D eigenvalue weighted by molar-refractivity contribution is -0.137. The Labute approximate surface area is 135 Å². The topological polar surface area (TPSA) is 50.2 Å². The molecule has 0 radical (unpaired) electrons. The third-order valence-corrected chi connectivity index (χ3v) is 3.78. The molecule has 3 nitrogen and oxygen atoms in total. The van der Waals surface area contributed by atoms with Crippen molar-refractivity contribution in [1.82, 2.24) is 4.98 Å². The van der Waals surface area contributed by atoms with E-state index in [0.717, 1.165) is 11.3 Å². The second-order valence-corrected chi connectivity index (χ2v) is 14.5. The molecule has 1 heterocycles. The monoisotopic (exact) mass is 557 g/mol. The number of halogens is 3. The summed E-state index contributed by atoms with van der Waals surface area (Å²) in [6.07, 6.45) is 1.92. The highest BCUT2D eigenvalue weighted by Crippen LogP contribution is 2.45. The minimum atomic E-state index is -0.775. The number of alkyl halides is 3. The predicted molar refractivity (Wildman–Crippen MR) is 88.6 cm³/mol. The number of carboxylic acid groups (broad SMARTS) is 1. The van der Waals surface area contributed by atoms with Gasteiger partial charge in [-0.05, 0) is 85.3 Å². The lowest BCUT2D eigenvalue weighted by atomic mass is 10.00. The van der Waals surface area contributed by atoms with Crippen LogP contribution >= 0.6 is 67.8 Å². The molecule has 1 N–H and O–H groups in total. The molecule has 1 unspecified atom stereocenters. The van der Waals surface area contributed by atoms with Gasteiger partial charge in [0.1, 0.15) is 0 Å². The molecule has 0 amide bonds. The molecular formula is C10H10I3NO2. The first-order chi connectivity index (χ1) is 7.30. The third-order valence-electron chi connectivity index (χ3n) is 2.13. The van der Waals surface area contributed by atoms with E-state index in [-0.39, 0.29) is 11.8 Å². The van der Waals surface area contributed by atoms with Crippen LogP contribution in [0.4, 0.5) is 0 Å². The van der Waals surface area contributed by atoms with Crippen LogP contribution in [0, 0.1) is 0 Å². The zero-order chi connectivity index (χ0) is 12.3. The molecule has 1 rings (SSSR count). The van der Waals surface area contributed by atoms with Crippen LogP contribution in [-0.2, 0) is 4.23 Å². The van der Waals surface area contributed by atoms with Crippen molar-refractivity contribution in [3.05, 3.63) is 29.6 Å². The van der Waals surface area contributed by atoms with Crippen molar-refractivity contribution < 1.29 is 9.90 Å². The average Bonchev–Trinajstić information content (AvgIpc) is 2.15. The molecule has 0 aliphatic rings. The maximum absolute atomic E-state index is 10.6. The number of aromatic nitrogens is 1. The summed E-state index contributed by atoms with van der Waals surface area (Å²) in [5.41, 5.74) is 1.96. The highest BCUT2D eigenvalue weighted by atomic mass is 127. The lowest BCUT2D eigenvalue weighted by Gasteiger charge is -2.13. The Morgan fingerprint density at radius 2 is 2.12 bits per heavy atom. The Morgan fingerprint density at radius 3 is 2.50 bits per heavy atom. The Bertz CT molecular complexity index is 373. The summed E-state index contributed by atoms with van der Waals surface area (Å²) in [6, 6.07) is 3.92. The minimum Gasteiger partial charge on any atom is -0.481 e. The van der Waals surface area contributed by atoms with Crippen LogP contribution in [-0.4, -0.2) is 16.1 Å². The second-order valence-electron chi connectivity index (χ2n) is 3.47. The fourth-order valence-electron chi connectivity index (χ4n) is 1.24. The van der Waals surface area contributed by atoms with Gasteiger partial charge in [-0.2, -0.15) is 0 Å². The standard InChI is InChI=1S/C10H10I3NO2/c1-6(4-9(15)16)7-2-3-8(14-5-7)10(11,12)13/h2-3,5-6H,4H2,1H3,(H,15,16). The van der Waals surface area contributed by atoms with Gasteiger partial charge in [-0.3, -0.25) is 9.78 Å². The number of aliphatic carboxylic acids is 1. The summed E-state index contributed by atoms with van der Waals surface area (Å²) in [5.74, 6) is -0.770. The van der Waals surface area contributed by atoms with Crippen molar-refractivity contribution in [2.45, 2.75) is 18.7 Å². The first kappa shape index (κ1) is 14.9. The smallest absolute Gasteiger partial charge is 0.303 e. The Morgan fingerprint density at radius 1 is 1.50 bits per heavy atom. The van der Waals surface area contributed by atoms with Crippen LogP contribution in [0.25, 0.3) is 0 Å². The predicted octanol–water partition coefficient (Wildman–Crippen LogP) is 4.08. The number of carboxylic acids is 1. The molecule has 0 fully saturated rings. The normalized spacial score (nSPS) is 13.5. The van der Waals surface area contributed by atoms with E-state index < -0.39 is 5.97 Å². The quantitative estimate of drug-likeness (QED) is 0.449. The van der Waals surface area contributed by atoms with Crippen molar-refractivity contribution in [3.8, 4) is 0 Å². The maximum atomic E-state index is 10.6. The van der Waals surface area contributed by atoms with Gasteiger partial charge < -0.3 is 5.11 Å². The number of hydrogen-bond donors (Lipinski definition) is 1. The SMILES string of the molecule is CC(CC(=O)O)c1ccc(C(I)(I)I)nc1. The summed E-state index contributed by atoms with van der Waals surface area (Å²) in [7, 11) is 0. The minimum absolute atomic E-state index is 0.00563. The van der Waals surface area contributed by atoms with Gasteiger partial charge in [0.2, 0.25) is 0 Å². The largest absolute Gasteiger partial charge is 0.481 e. The van der Waals surface area contributed by atoms with E-state index in [0.29, 0.717) is 0 Å². The third kappa shape index (κ3) is 4.59. The molecule has 0 saturated carbocycles. The molecule has 0 spiro atoms. The van der Waals surface area contributed by atoms with E-state index >= 15 is 0 Å². The Balaban J connectivity index is 2.83. The summed E-state index contributed by atoms with van der Waals surface area (Å²) < 4.78 is -0.0537. The fraction of sp³-hybridized carbons (Fsp3) is 0.400. The Hall–Kier alpha value is 0.810. The van der Waals surface area contributed by atoms with Crippen molar-refractivity contribution in [2.75, 3.05) is 0 Å². The highest BCUT2D eigenvalue weighted by molar-refractivity contribution is 14.3. The van der Waals surface area contributed by atoms with Gasteiger partial charge in [0, 0.05) is 6.20 Å². The summed E-state index contributed by atoms with van der Waals surface area (Å²) in [5, 5.41) is 8.71. The first-order valence-corrected chi connectivity index (χ1v) is 7.79. The fourth-order valence-corrected chi connectivity index (χ4v) is 2.20. The van der Waals surface area contributed by atoms with Crippen molar-refractivity contribution >= 4 is 73.7 Å². The Kier molecular flexibility index (Phi) is 5.68. The summed E-state index contributed by atoms with van der Waals surface area (Å²) >= 11 is 6.92. The van der Waals surface area contributed by atoms with Gasteiger partial charge in [0.25, 0.3) is 0 Å². The number of nitrogens with zero attached hydrogens (tertiary/aromatic N) is 1. The van der Waals surface area contributed by atoms with E-state index in [1.54, 1.807) is 6.20 Å². The number of carbonyl (C=O) groups is 1. The molecule has 0 saturated heterocycles. The summed E-state index contributed by atoms with van der Waals surface area (Å²) in [4.78, 5) is 14.9. The van der Waals surface area contributed by atoms with Gasteiger partial charge in [0.05, 0.1) is 12.1 Å². The zero-order valence-electron chi connectivity index (χ0n) is 8.45. The van der Waals surface area contributed by atoms with Crippen molar-refractivity contribution in [3.63, 3.8) is 0 Å². The molecule has 6 heteroatoms. The van der Waals surface area contributed by atoms with Gasteiger partial charge >= 0.3 is 5.97 Å². The van der Waals surface area contributed by atoms with Gasteiger partial charge in [-0.25, -0.2) is 0 Å². The molecule has 0 bridgehead atoms. The van der Waals surface area contributed by atoms with E-state index in [2.05, 4.69) is 72.8 Å². The van der Waals surface area contributed by atoms with Crippen LogP contribution < -0.4 is 0 Å². The van der Waals surface area contributed by atoms with Gasteiger partial charge in [-0.1, -0.05) is 13.0 Å². The average molecular weight is 557 g/mol. The maximum Gasteiger partial charge on any atom is 0.303 e. The lowest BCUT2D eigenvalue weighted by Crippen LogP contribution is -2.05. The number of pyridine rings is 1. The van der Waals surface area contributed by atoms with Gasteiger partial charge in [0.15, 0.2) is -0.565 Å². The number of rotatable bonds is 4. The van der Waals surface area contributed by atoms with E-state index in [1.165, 1.54) is 0 Å². The molecular weight excluding hydrogens is 547 g/mol. The summed E-state index contributed by atoms with van der Waals surface area (Å²) in [6.45, 7) is 1.90. The van der Waals surface area contributed by atoms with Crippen LogP contribution in [0.1, 0.15) is 30.5 Å². The van der Waals surface area contributed by atoms with Crippen molar-refractivity contribution in [2.24, 2.45) is 0 Å². The number of hydrogen-bond acceptors (Lipinski definition) is 2. The molecule has 0 aliphatic heterocycles. The van der Waals surface area contributed by atoms with Crippen LogP contribution in [0.5, 0.6) is 0 Å². The zero-order valence-corrected chi connectivity index (χ0v) is 14.9. The van der Waals surface area contributed by atoms with Crippen LogP contribution in [0.3, 0.4) is 0 Å². The molecule has 1 atom stereocenters. The first-order valence-electron chi connectivity index (χ1n) is 4.55. The van der Waals surface area contributed by atoms with E-state index in [4.69, 9.17) is 5.11 Å². The molecule has 0 aromatic carbocycles. The molecule has 16 heavy (non-hydrogen) atoms. The van der Waals surface area contributed by atoms with Gasteiger partial charge in [-0.15, -0.1) is 0 Å². The second kappa shape index (κ2) is 6.12. The molecule has 88 valence electrons. The highest BCUT2D eigenvalue weighted by Gasteiger charge is 2.22. The molecule has 1 aromatic rings. The van der Waals surface area contributed by atoms with E-state index in [9.17, 15) is 4.79 Å². The van der Waals surface area contributed by atoms with E-state index in [1.807, 2.05) is 19.1 Å². The molecule has 1 aromatic heterocycles.